The minimum atomic E-state index is -1.62. The van der Waals surface area contributed by atoms with Crippen LogP contribution in [0.4, 0.5) is 13.2 Å². The molecule has 0 bridgehead atoms. The van der Waals surface area contributed by atoms with Crippen LogP contribution >= 0.6 is 0 Å². The fraction of sp³-hybridized carbons (Fsp3) is 0.125. The number of benzene rings is 2. The molecule has 2 aromatic rings. The van der Waals surface area contributed by atoms with Gasteiger partial charge in [-0.2, -0.15) is 5.26 Å². The van der Waals surface area contributed by atoms with Crippen molar-refractivity contribution in [3.05, 3.63) is 71.0 Å². The van der Waals surface area contributed by atoms with Gasteiger partial charge in [0, 0.05) is 12.0 Å². The maximum atomic E-state index is 13.2. The number of hydrogen-bond donors (Lipinski definition) is 0. The average molecular weight is 289 g/mol. The van der Waals surface area contributed by atoms with E-state index in [0.29, 0.717) is 17.7 Å². The van der Waals surface area contributed by atoms with Gasteiger partial charge in [0.05, 0.1) is 12.0 Å². The molecule has 0 amide bonds. The molecule has 2 rings (SSSR count). The summed E-state index contributed by atoms with van der Waals surface area (Å²) in [4.78, 5) is 12.3. The lowest BCUT2D eigenvalue weighted by Gasteiger charge is -2.13. The van der Waals surface area contributed by atoms with Crippen molar-refractivity contribution in [2.75, 3.05) is 0 Å². The van der Waals surface area contributed by atoms with Crippen molar-refractivity contribution in [1.29, 1.82) is 5.26 Å². The van der Waals surface area contributed by atoms with Crippen LogP contribution in [-0.2, 0) is 0 Å². The molecule has 1 atom stereocenters. The molecule has 0 N–H and O–H groups in total. The number of nitriles is 1. The molecule has 2 nitrogen and oxygen atoms in total. The van der Waals surface area contributed by atoms with Gasteiger partial charge in [0.15, 0.2) is 23.2 Å². The van der Waals surface area contributed by atoms with Gasteiger partial charge in [-0.05, 0) is 17.7 Å². The summed E-state index contributed by atoms with van der Waals surface area (Å²) in [6.07, 6.45) is -0.135. The van der Waals surface area contributed by atoms with Gasteiger partial charge in [0.1, 0.15) is 0 Å². The van der Waals surface area contributed by atoms with Crippen molar-refractivity contribution >= 4 is 5.78 Å². The van der Waals surface area contributed by atoms with Gasteiger partial charge in [0.2, 0.25) is 0 Å². The zero-order valence-electron chi connectivity index (χ0n) is 10.8. The molecule has 21 heavy (non-hydrogen) atoms. The Labute approximate surface area is 119 Å². The molecule has 1 unspecified atom stereocenters. The Hall–Kier alpha value is -2.61. The maximum Gasteiger partial charge on any atom is 0.194 e. The van der Waals surface area contributed by atoms with Crippen LogP contribution in [0.15, 0.2) is 42.5 Å². The summed E-state index contributed by atoms with van der Waals surface area (Å²) in [5.74, 6) is -5.95. The number of ketones is 1. The van der Waals surface area contributed by atoms with Gasteiger partial charge in [0.25, 0.3) is 0 Å². The monoisotopic (exact) mass is 289 g/mol. The standard InChI is InChI=1S/C16H10F3NO/c17-13-8-11(9-14(18)15(13)19)16(21)12(6-7-20)10-4-2-1-3-5-10/h1-5,8-9,12H,6H2. The fourth-order valence-corrected chi connectivity index (χ4v) is 2.04. The number of nitrogens with zero attached hydrogens (tertiary/aromatic N) is 1. The van der Waals surface area contributed by atoms with Gasteiger partial charge in [-0.25, -0.2) is 13.2 Å². The van der Waals surface area contributed by atoms with Crippen LogP contribution in [-0.4, -0.2) is 5.78 Å². The largest absolute Gasteiger partial charge is 0.293 e. The number of Topliss-reactive ketones (excluding diaryl/α,β-unsaturated/α-hetero) is 1. The smallest absolute Gasteiger partial charge is 0.194 e. The Bertz CT molecular complexity index is 684. The first-order chi connectivity index (χ1) is 10.0. The number of rotatable bonds is 4. The number of carbonyl (C=O) groups is 1. The molecule has 5 heteroatoms. The quantitative estimate of drug-likeness (QED) is 0.631. The van der Waals surface area contributed by atoms with Crippen molar-refractivity contribution in [3.8, 4) is 6.07 Å². The highest BCUT2D eigenvalue weighted by Crippen LogP contribution is 2.25. The van der Waals surface area contributed by atoms with Gasteiger partial charge in [-0.3, -0.25) is 4.79 Å². The molecule has 2 aromatic carbocycles. The van der Waals surface area contributed by atoms with Gasteiger partial charge in [-0.1, -0.05) is 30.3 Å². The van der Waals surface area contributed by atoms with E-state index < -0.39 is 29.2 Å². The number of carbonyl (C=O) groups excluding carboxylic acids is 1. The first kappa shape index (κ1) is 14.8. The lowest BCUT2D eigenvalue weighted by Crippen LogP contribution is -2.14. The van der Waals surface area contributed by atoms with Crippen molar-refractivity contribution in [3.63, 3.8) is 0 Å². The van der Waals surface area contributed by atoms with E-state index in [4.69, 9.17) is 5.26 Å². The summed E-state index contributed by atoms with van der Waals surface area (Å²) in [7, 11) is 0. The average Bonchev–Trinajstić information content (AvgIpc) is 2.50. The zero-order valence-corrected chi connectivity index (χ0v) is 10.8. The van der Waals surface area contributed by atoms with E-state index in [1.54, 1.807) is 30.3 Å². The Balaban J connectivity index is 2.43. The first-order valence-corrected chi connectivity index (χ1v) is 6.15. The highest BCUT2D eigenvalue weighted by atomic mass is 19.2. The van der Waals surface area contributed by atoms with Crippen molar-refractivity contribution in [2.24, 2.45) is 0 Å². The summed E-state index contributed by atoms with van der Waals surface area (Å²) in [6.45, 7) is 0. The molecule has 0 radical (unpaired) electrons. The predicted octanol–water partition coefficient (Wildman–Crippen LogP) is 3.98. The molecule has 0 spiro atoms. The van der Waals surface area contributed by atoms with Crippen molar-refractivity contribution < 1.29 is 18.0 Å². The molecule has 0 aliphatic rings. The van der Waals surface area contributed by atoms with E-state index in [-0.39, 0.29) is 12.0 Å². The van der Waals surface area contributed by atoms with E-state index in [9.17, 15) is 18.0 Å². The normalized spacial score (nSPS) is 11.7. The summed E-state index contributed by atoms with van der Waals surface area (Å²) in [5.41, 5.74) is 0.268. The third-order valence-corrected chi connectivity index (χ3v) is 3.08. The number of halogens is 3. The fourth-order valence-electron chi connectivity index (χ4n) is 2.04. The minimum absolute atomic E-state index is 0.135. The Kier molecular flexibility index (Phi) is 4.39. The van der Waals surface area contributed by atoms with E-state index in [2.05, 4.69) is 0 Å². The molecule has 0 fully saturated rings. The molecular formula is C16H10F3NO. The Morgan fingerprint density at radius 3 is 2.19 bits per heavy atom. The van der Waals surface area contributed by atoms with Crippen LogP contribution in [0.25, 0.3) is 0 Å². The molecule has 0 aliphatic heterocycles. The van der Waals surface area contributed by atoms with Crippen LogP contribution in [0.3, 0.4) is 0 Å². The van der Waals surface area contributed by atoms with E-state index >= 15 is 0 Å². The molecule has 0 saturated heterocycles. The molecule has 106 valence electrons. The Morgan fingerprint density at radius 1 is 1.10 bits per heavy atom. The molecule has 0 aliphatic carbocycles. The van der Waals surface area contributed by atoms with E-state index in [1.165, 1.54) is 0 Å². The third-order valence-electron chi connectivity index (χ3n) is 3.08. The summed E-state index contributed by atoms with van der Waals surface area (Å²) in [5, 5.41) is 8.84. The minimum Gasteiger partial charge on any atom is -0.293 e. The van der Waals surface area contributed by atoms with E-state index in [1.807, 2.05) is 6.07 Å². The lowest BCUT2D eigenvalue weighted by molar-refractivity contribution is 0.0959. The second kappa shape index (κ2) is 6.23. The maximum absolute atomic E-state index is 13.2. The summed E-state index contributed by atoms with van der Waals surface area (Å²) in [6, 6.07) is 11.6. The first-order valence-electron chi connectivity index (χ1n) is 6.15. The van der Waals surface area contributed by atoms with Crippen LogP contribution < -0.4 is 0 Å². The highest BCUT2D eigenvalue weighted by molar-refractivity contribution is 6.01. The molecule has 0 saturated carbocycles. The summed E-state index contributed by atoms with van der Waals surface area (Å²) < 4.78 is 39.4. The molecular weight excluding hydrogens is 279 g/mol. The topological polar surface area (TPSA) is 40.9 Å². The highest BCUT2D eigenvalue weighted by Gasteiger charge is 2.24. The third kappa shape index (κ3) is 3.11. The van der Waals surface area contributed by atoms with Crippen LogP contribution in [0.2, 0.25) is 0 Å². The second-order valence-electron chi connectivity index (χ2n) is 4.44. The SMILES string of the molecule is N#CCC(C(=O)c1cc(F)c(F)c(F)c1)c1ccccc1. The van der Waals surface area contributed by atoms with Gasteiger partial charge >= 0.3 is 0 Å². The molecule has 0 heterocycles. The lowest BCUT2D eigenvalue weighted by atomic mass is 9.88. The van der Waals surface area contributed by atoms with Crippen molar-refractivity contribution in [1.82, 2.24) is 0 Å². The second-order valence-corrected chi connectivity index (χ2v) is 4.44. The zero-order chi connectivity index (χ0) is 15.4. The number of hydrogen-bond acceptors (Lipinski definition) is 2. The van der Waals surface area contributed by atoms with Crippen molar-refractivity contribution in [2.45, 2.75) is 12.3 Å². The van der Waals surface area contributed by atoms with Crippen LogP contribution in [0, 0.1) is 28.8 Å². The predicted molar refractivity (Wildman–Crippen MR) is 70.1 cm³/mol. The van der Waals surface area contributed by atoms with E-state index in [0.717, 1.165) is 0 Å². The van der Waals surface area contributed by atoms with Crippen LogP contribution in [0.5, 0.6) is 0 Å². The van der Waals surface area contributed by atoms with Crippen LogP contribution in [0.1, 0.15) is 28.3 Å². The molecule has 0 aromatic heterocycles. The van der Waals surface area contributed by atoms with Gasteiger partial charge < -0.3 is 0 Å². The summed E-state index contributed by atoms with van der Waals surface area (Å²) >= 11 is 0. The van der Waals surface area contributed by atoms with Gasteiger partial charge in [-0.15, -0.1) is 0 Å². The Morgan fingerprint density at radius 2 is 1.67 bits per heavy atom.